The van der Waals surface area contributed by atoms with E-state index in [1.165, 1.54) is 18.4 Å². The highest BCUT2D eigenvalue weighted by Crippen LogP contribution is 2.36. The summed E-state index contributed by atoms with van der Waals surface area (Å²) >= 11 is 6.24. The maximum atomic E-state index is 12.8. The number of carbonyl (C=O) groups is 1. The van der Waals surface area contributed by atoms with Gasteiger partial charge in [0.05, 0.1) is 13.2 Å². The minimum absolute atomic E-state index is 0.0620. The summed E-state index contributed by atoms with van der Waals surface area (Å²) in [6, 6.07) is 8.26. The van der Waals surface area contributed by atoms with Gasteiger partial charge in [-0.05, 0) is 68.8 Å². The Labute approximate surface area is 176 Å². The number of fused-ring (bicyclic) bond motifs is 1. The lowest BCUT2D eigenvalue weighted by Gasteiger charge is -2.26. The lowest BCUT2D eigenvalue weighted by atomic mass is 10.1. The van der Waals surface area contributed by atoms with Gasteiger partial charge in [-0.25, -0.2) is 9.97 Å². The fourth-order valence-electron chi connectivity index (χ4n) is 3.74. The van der Waals surface area contributed by atoms with E-state index >= 15 is 0 Å². The quantitative estimate of drug-likeness (QED) is 0.602. The fourth-order valence-corrected chi connectivity index (χ4v) is 3.91. The fraction of sp³-hybridized carbons (Fsp3) is 0.500. The van der Waals surface area contributed by atoms with Gasteiger partial charge in [-0.15, -0.1) is 0 Å². The van der Waals surface area contributed by atoms with Crippen LogP contribution in [0.2, 0.25) is 5.28 Å². The molecule has 2 heterocycles. The molecule has 4 rings (SSSR count). The monoisotopic (exact) mass is 414 g/mol. The highest BCUT2D eigenvalue weighted by Gasteiger charge is 2.36. The van der Waals surface area contributed by atoms with Gasteiger partial charge in [-0.1, -0.05) is 12.1 Å². The molecule has 0 unspecified atom stereocenters. The molecule has 2 aromatic rings. The Morgan fingerprint density at radius 2 is 1.97 bits per heavy atom. The van der Waals surface area contributed by atoms with Gasteiger partial charge in [0.15, 0.2) is 0 Å². The van der Waals surface area contributed by atoms with Crippen molar-refractivity contribution in [3.05, 3.63) is 46.4 Å². The molecule has 1 amide bonds. The molecule has 1 fully saturated rings. The van der Waals surface area contributed by atoms with Crippen molar-refractivity contribution in [2.24, 2.45) is 5.92 Å². The second-order valence-corrected chi connectivity index (χ2v) is 8.41. The van der Waals surface area contributed by atoms with Gasteiger partial charge in [0.2, 0.25) is 5.28 Å². The molecular formula is C22H27ClN4O2. The molecule has 0 radical (unpaired) electrons. The number of carbonyl (C=O) groups excluding carboxylic acids is 1. The smallest absolute Gasteiger partial charge is 0.273 e. The largest absolute Gasteiger partial charge is 0.494 e. The van der Waals surface area contributed by atoms with Crippen LogP contribution in [0.5, 0.6) is 5.75 Å². The summed E-state index contributed by atoms with van der Waals surface area (Å²) in [5.41, 5.74) is 2.50. The molecule has 29 heavy (non-hydrogen) atoms. The Balaban J connectivity index is 1.66. The van der Waals surface area contributed by atoms with E-state index in [1.807, 2.05) is 37.8 Å². The predicted molar refractivity (Wildman–Crippen MR) is 113 cm³/mol. The molecule has 7 heteroatoms. The summed E-state index contributed by atoms with van der Waals surface area (Å²) in [6.45, 7) is 8.80. The number of halogens is 1. The Morgan fingerprint density at radius 3 is 2.59 bits per heavy atom. The molecule has 154 valence electrons. The standard InChI is InChI=1S/C22H27ClN4O2/c1-4-29-17-9-7-16(8-10-17)12-26(11-15-5-6-15)20-18-13-27(14(2)3)21(28)19(18)24-22(23)25-20/h7-10,14-15H,4-6,11-13H2,1-3H3. The number of amides is 1. The van der Waals surface area contributed by atoms with Gasteiger partial charge < -0.3 is 14.5 Å². The zero-order chi connectivity index (χ0) is 20.5. The first-order valence-corrected chi connectivity index (χ1v) is 10.7. The maximum absolute atomic E-state index is 12.8. The van der Waals surface area contributed by atoms with Crippen LogP contribution < -0.4 is 9.64 Å². The van der Waals surface area contributed by atoms with Crippen molar-refractivity contribution in [1.82, 2.24) is 14.9 Å². The molecule has 1 aliphatic heterocycles. The molecular weight excluding hydrogens is 388 g/mol. The van der Waals surface area contributed by atoms with Gasteiger partial charge in [0.1, 0.15) is 17.3 Å². The highest BCUT2D eigenvalue weighted by molar-refractivity contribution is 6.28. The molecule has 0 spiro atoms. The number of anilines is 1. The average Bonchev–Trinajstić information content (AvgIpc) is 3.45. The zero-order valence-electron chi connectivity index (χ0n) is 17.2. The van der Waals surface area contributed by atoms with Crippen molar-refractivity contribution in [3.8, 4) is 5.75 Å². The van der Waals surface area contributed by atoms with E-state index < -0.39 is 0 Å². The Hall–Kier alpha value is -2.34. The van der Waals surface area contributed by atoms with Crippen molar-refractivity contribution in [2.75, 3.05) is 18.1 Å². The molecule has 0 atom stereocenters. The molecule has 1 aromatic carbocycles. The molecule has 1 saturated carbocycles. The average molecular weight is 415 g/mol. The van der Waals surface area contributed by atoms with Crippen molar-refractivity contribution < 1.29 is 9.53 Å². The number of rotatable bonds is 8. The van der Waals surface area contributed by atoms with E-state index in [2.05, 4.69) is 27.0 Å². The summed E-state index contributed by atoms with van der Waals surface area (Å²) in [5.74, 6) is 2.26. The summed E-state index contributed by atoms with van der Waals surface area (Å²) in [6.07, 6.45) is 2.47. The van der Waals surface area contributed by atoms with E-state index in [0.29, 0.717) is 31.3 Å². The molecule has 2 aliphatic rings. The molecule has 1 aliphatic carbocycles. The number of benzene rings is 1. The van der Waals surface area contributed by atoms with Gasteiger partial charge in [-0.3, -0.25) is 4.79 Å². The number of hydrogen-bond acceptors (Lipinski definition) is 5. The minimum atomic E-state index is -0.0620. The number of hydrogen-bond donors (Lipinski definition) is 0. The SMILES string of the molecule is CCOc1ccc(CN(CC2CC2)c2nc(Cl)nc3c2CN(C(C)C)C3=O)cc1. The third kappa shape index (κ3) is 4.32. The zero-order valence-corrected chi connectivity index (χ0v) is 17.9. The summed E-state index contributed by atoms with van der Waals surface area (Å²) in [5, 5.41) is 0.130. The molecule has 0 saturated heterocycles. The molecule has 6 nitrogen and oxygen atoms in total. The summed E-state index contributed by atoms with van der Waals surface area (Å²) in [4.78, 5) is 25.7. The summed E-state index contributed by atoms with van der Waals surface area (Å²) < 4.78 is 5.55. The third-order valence-corrected chi connectivity index (χ3v) is 5.63. The van der Waals surface area contributed by atoms with Gasteiger partial charge in [-0.2, -0.15) is 0 Å². The second kappa shape index (κ2) is 8.19. The molecule has 0 bridgehead atoms. The van der Waals surface area contributed by atoms with Crippen molar-refractivity contribution >= 4 is 23.3 Å². The van der Waals surface area contributed by atoms with Crippen LogP contribution in [-0.2, 0) is 13.1 Å². The van der Waals surface area contributed by atoms with Crippen LogP contribution in [0, 0.1) is 5.92 Å². The highest BCUT2D eigenvalue weighted by atomic mass is 35.5. The van der Waals surface area contributed by atoms with Crippen LogP contribution in [0.4, 0.5) is 5.82 Å². The first kappa shape index (κ1) is 20.0. The van der Waals surface area contributed by atoms with Crippen LogP contribution in [-0.4, -0.2) is 40.0 Å². The molecule has 1 aromatic heterocycles. The predicted octanol–water partition coefficient (Wildman–Crippen LogP) is 4.31. The Bertz CT molecular complexity index is 896. The van der Waals surface area contributed by atoms with Crippen LogP contribution in [0.25, 0.3) is 0 Å². The number of nitrogens with zero attached hydrogens (tertiary/aromatic N) is 4. The van der Waals surface area contributed by atoms with Crippen LogP contribution in [0.15, 0.2) is 24.3 Å². The van der Waals surface area contributed by atoms with Crippen LogP contribution in [0.1, 0.15) is 55.2 Å². The Morgan fingerprint density at radius 1 is 1.24 bits per heavy atom. The Kier molecular flexibility index (Phi) is 5.63. The van der Waals surface area contributed by atoms with Crippen molar-refractivity contribution in [1.29, 1.82) is 0 Å². The number of aromatic nitrogens is 2. The first-order valence-electron chi connectivity index (χ1n) is 10.3. The third-order valence-electron chi connectivity index (χ3n) is 5.46. The van der Waals surface area contributed by atoms with Crippen molar-refractivity contribution in [3.63, 3.8) is 0 Å². The number of ether oxygens (including phenoxy) is 1. The lowest BCUT2D eigenvalue weighted by molar-refractivity contribution is 0.0726. The van der Waals surface area contributed by atoms with Crippen LogP contribution in [0.3, 0.4) is 0 Å². The van der Waals surface area contributed by atoms with Gasteiger partial charge in [0, 0.05) is 24.7 Å². The summed E-state index contributed by atoms with van der Waals surface area (Å²) in [7, 11) is 0. The topological polar surface area (TPSA) is 58.6 Å². The molecule has 0 N–H and O–H groups in total. The normalized spacial score (nSPS) is 15.8. The lowest BCUT2D eigenvalue weighted by Crippen LogP contribution is -2.31. The van der Waals surface area contributed by atoms with Crippen molar-refractivity contribution in [2.45, 2.75) is 52.7 Å². The van der Waals surface area contributed by atoms with Crippen LogP contribution >= 0.6 is 11.6 Å². The van der Waals surface area contributed by atoms with E-state index in [-0.39, 0.29) is 17.2 Å². The van der Waals surface area contributed by atoms with E-state index in [9.17, 15) is 4.79 Å². The van der Waals surface area contributed by atoms with E-state index in [0.717, 1.165) is 23.7 Å². The maximum Gasteiger partial charge on any atom is 0.273 e. The van der Waals surface area contributed by atoms with Gasteiger partial charge in [0.25, 0.3) is 5.91 Å². The van der Waals surface area contributed by atoms with E-state index in [4.69, 9.17) is 16.3 Å². The minimum Gasteiger partial charge on any atom is -0.494 e. The first-order chi connectivity index (χ1) is 14.0. The van der Waals surface area contributed by atoms with E-state index in [1.54, 1.807) is 0 Å². The second-order valence-electron chi connectivity index (χ2n) is 8.07. The van der Waals surface area contributed by atoms with Gasteiger partial charge >= 0.3 is 0 Å².